The molecule has 49 heavy (non-hydrogen) atoms. The van der Waals surface area contributed by atoms with E-state index in [1.165, 1.54) is 48.5 Å². The lowest BCUT2D eigenvalue weighted by Gasteiger charge is -2.42. The minimum atomic E-state index is -1.92. The van der Waals surface area contributed by atoms with Gasteiger partial charge in [-0.15, -0.1) is 0 Å². The van der Waals surface area contributed by atoms with Gasteiger partial charge in [0.1, 0.15) is 47.9 Å². The van der Waals surface area contributed by atoms with Crippen molar-refractivity contribution in [1.82, 2.24) is 15.5 Å². The van der Waals surface area contributed by atoms with E-state index in [-0.39, 0.29) is 30.9 Å². The summed E-state index contributed by atoms with van der Waals surface area (Å²) in [6.45, 7) is -0.179. The molecule has 0 radical (unpaired) electrons. The first-order valence-corrected chi connectivity index (χ1v) is 14.7. The Bertz CT molecular complexity index is 1540. The summed E-state index contributed by atoms with van der Waals surface area (Å²) in [4.78, 5) is 72.7. The second-order valence-corrected chi connectivity index (χ2v) is 11.1. The van der Waals surface area contributed by atoms with Crippen molar-refractivity contribution in [3.8, 4) is 11.5 Å². The van der Waals surface area contributed by atoms with Gasteiger partial charge in [0.25, 0.3) is 0 Å². The molecule has 2 aromatic carbocycles. The molecule has 2 fully saturated rings. The molecule has 19 heteroatoms. The van der Waals surface area contributed by atoms with Crippen LogP contribution in [0.15, 0.2) is 48.5 Å². The molecule has 4 rings (SSSR count). The fraction of sp³-hybridized carbons (Fsp3) is 0.400. The third-order valence-electron chi connectivity index (χ3n) is 7.81. The summed E-state index contributed by atoms with van der Waals surface area (Å²) in [6, 6.07) is 6.13. The lowest BCUT2D eigenvalue weighted by Crippen LogP contribution is -2.66. The molecule has 2 aliphatic heterocycles. The van der Waals surface area contributed by atoms with Crippen LogP contribution in [-0.4, -0.2) is 128 Å². The number of aliphatic hydroxyl groups excluding tert-OH is 3. The normalized spacial score (nSPS) is 25.1. The molecule has 2 saturated heterocycles. The number of β-lactam (4-membered cyclic amide) rings is 1. The van der Waals surface area contributed by atoms with E-state index in [0.29, 0.717) is 17.7 Å². The molecule has 0 unspecified atom stereocenters. The Morgan fingerprint density at radius 3 is 2.08 bits per heavy atom. The number of likely N-dealkylation sites (tertiary alicyclic amines) is 1. The van der Waals surface area contributed by atoms with Gasteiger partial charge in [-0.3, -0.25) is 19.2 Å². The van der Waals surface area contributed by atoms with Crippen LogP contribution >= 0.6 is 0 Å². The standard InChI is InChI=1S/C30H34N4O15/c31-17(27(41)42)9-10-47-15-5-1-13(2-6-15)19(32-12-35)25(39)33-18-11-34(26(18)40)20(28(43)44)14-3-7-16(8-4-14)48-30-23(38)21(36)22(37)24(49-30)29(45)46/h1-8,12,17-24,30,36-38H,9-11,31H2,(H,32,35)(H,33,39)(H,41,42)(H,43,44)(H,45,46)/t17-,18+,19-,20-,21+,22+,23-,24+,30-/m1/s1. The number of aliphatic hydroxyl groups is 3. The topological polar surface area (TPSA) is 305 Å². The minimum absolute atomic E-state index is 0.0180. The van der Waals surface area contributed by atoms with E-state index in [1.807, 2.05) is 0 Å². The quantitative estimate of drug-likeness (QED) is 0.0629. The maximum atomic E-state index is 13.1. The minimum Gasteiger partial charge on any atom is -0.494 e. The largest absolute Gasteiger partial charge is 0.494 e. The number of carboxylic acid groups (broad SMARTS) is 3. The zero-order valence-electron chi connectivity index (χ0n) is 25.4. The number of aliphatic carboxylic acids is 3. The summed E-state index contributed by atoms with van der Waals surface area (Å²) in [6.07, 6.45) is -8.87. The van der Waals surface area contributed by atoms with E-state index in [0.717, 1.165) is 4.90 Å². The maximum absolute atomic E-state index is 13.1. The number of amides is 3. The average molecular weight is 691 g/mol. The fourth-order valence-corrected chi connectivity index (χ4v) is 5.09. The van der Waals surface area contributed by atoms with E-state index in [4.69, 9.17) is 25.1 Å². The Balaban J connectivity index is 1.36. The number of carbonyl (C=O) groups excluding carboxylic acids is 3. The van der Waals surface area contributed by atoms with Crippen molar-refractivity contribution in [1.29, 1.82) is 0 Å². The van der Waals surface area contributed by atoms with Crippen molar-refractivity contribution in [3.05, 3.63) is 59.7 Å². The van der Waals surface area contributed by atoms with E-state index in [9.17, 15) is 54.3 Å². The highest BCUT2D eigenvalue weighted by atomic mass is 16.7. The first-order chi connectivity index (χ1) is 23.2. The van der Waals surface area contributed by atoms with Crippen LogP contribution in [0.3, 0.4) is 0 Å². The van der Waals surface area contributed by atoms with Gasteiger partial charge in [-0.1, -0.05) is 24.3 Å². The highest BCUT2D eigenvalue weighted by Crippen LogP contribution is 2.31. The average Bonchev–Trinajstić information content (AvgIpc) is 3.07. The Morgan fingerprint density at radius 1 is 0.918 bits per heavy atom. The Kier molecular flexibility index (Phi) is 11.7. The van der Waals surface area contributed by atoms with Crippen LogP contribution in [0.25, 0.3) is 0 Å². The maximum Gasteiger partial charge on any atom is 0.335 e. The second kappa shape index (κ2) is 15.7. The van der Waals surface area contributed by atoms with Gasteiger partial charge in [-0.2, -0.15) is 0 Å². The van der Waals surface area contributed by atoms with Crippen molar-refractivity contribution < 1.29 is 73.6 Å². The van der Waals surface area contributed by atoms with Crippen molar-refractivity contribution in [3.63, 3.8) is 0 Å². The number of nitrogens with zero attached hydrogens (tertiary/aromatic N) is 1. The van der Waals surface area contributed by atoms with Crippen LogP contribution in [0.5, 0.6) is 11.5 Å². The van der Waals surface area contributed by atoms with Crippen LogP contribution in [-0.2, 0) is 33.5 Å². The summed E-state index contributed by atoms with van der Waals surface area (Å²) in [7, 11) is 0. The highest BCUT2D eigenvalue weighted by molar-refractivity contribution is 5.97. The number of carbonyl (C=O) groups is 6. The molecule has 0 aliphatic carbocycles. The Hall–Kier alpha value is -5.34. The van der Waals surface area contributed by atoms with Gasteiger partial charge >= 0.3 is 17.9 Å². The number of carboxylic acids is 3. The Morgan fingerprint density at radius 2 is 1.53 bits per heavy atom. The molecule has 9 atom stereocenters. The summed E-state index contributed by atoms with van der Waals surface area (Å²) >= 11 is 0. The molecule has 2 heterocycles. The van der Waals surface area contributed by atoms with E-state index < -0.39 is 84.6 Å². The summed E-state index contributed by atoms with van der Waals surface area (Å²) in [5.74, 6) is -5.32. The van der Waals surface area contributed by atoms with E-state index in [2.05, 4.69) is 10.6 Å². The van der Waals surface area contributed by atoms with Crippen molar-refractivity contribution in [2.24, 2.45) is 5.73 Å². The lowest BCUT2D eigenvalue weighted by molar-refractivity contribution is -0.271. The molecule has 10 N–H and O–H groups in total. The fourth-order valence-electron chi connectivity index (χ4n) is 5.09. The zero-order chi connectivity index (χ0) is 36.0. The number of rotatable bonds is 16. The molecule has 2 aromatic rings. The van der Waals surface area contributed by atoms with Gasteiger partial charge in [-0.05, 0) is 35.4 Å². The monoisotopic (exact) mass is 690 g/mol. The zero-order valence-corrected chi connectivity index (χ0v) is 25.4. The van der Waals surface area contributed by atoms with Gasteiger partial charge in [0.15, 0.2) is 12.1 Å². The molecule has 0 spiro atoms. The van der Waals surface area contributed by atoms with Gasteiger partial charge in [0.05, 0.1) is 13.2 Å². The van der Waals surface area contributed by atoms with Crippen LogP contribution in [0.4, 0.5) is 0 Å². The van der Waals surface area contributed by atoms with Crippen LogP contribution in [0.2, 0.25) is 0 Å². The SMILES string of the molecule is N[C@H](CCOc1ccc([C@@H](NC=O)C(=O)N[C@H]2CN([C@@H](C(=O)O)c3ccc(O[C@@H]4O[C@H](C(=O)O)[C@@H](O)[C@H](O)[C@H]4O)cc3)C2=O)cc1)C(=O)O. The predicted molar refractivity (Wildman–Crippen MR) is 160 cm³/mol. The van der Waals surface area contributed by atoms with E-state index in [1.54, 1.807) is 0 Å². The van der Waals surface area contributed by atoms with Gasteiger partial charge in [-0.25, -0.2) is 9.59 Å². The number of hydrogen-bond acceptors (Lipinski definition) is 13. The van der Waals surface area contributed by atoms with Crippen LogP contribution in [0, 0.1) is 0 Å². The predicted octanol–water partition coefficient (Wildman–Crippen LogP) is -2.92. The number of nitrogens with two attached hydrogens (primary N) is 1. The molecular weight excluding hydrogens is 656 g/mol. The summed E-state index contributed by atoms with van der Waals surface area (Å²) in [5, 5.41) is 62.8. The van der Waals surface area contributed by atoms with Gasteiger partial charge < -0.3 is 66.1 Å². The molecule has 3 amide bonds. The number of benzene rings is 2. The summed E-state index contributed by atoms with van der Waals surface area (Å²) < 4.78 is 15.9. The van der Waals surface area contributed by atoms with Crippen molar-refractivity contribution in [2.75, 3.05) is 13.2 Å². The number of hydrogen-bond donors (Lipinski definition) is 9. The van der Waals surface area contributed by atoms with E-state index >= 15 is 0 Å². The second-order valence-electron chi connectivity index (χ2n) is 11.1. The third-order valence-corrected chi connectivity index (χ3v) is 7.81. The van der Waals surface area contributed by atoms with Gasteiger partial charge in [0, 0.05) is 6.42 Å². The smallest absolute Gasteiger partial charge is 0.335 e. The van der Waals surface area contributed by atoms with Crippen LogP contribution < -0.4 is 25.8 Å². The number of nitrogens with one attached hydrogen (secondary N) is 2. The lowest BCUT2D eigenvalue weighted by atomic mass is 9.97. The molecule has 2 aliphatic rings. The molecule has 264 valence electrons. The Labute approximate surface area is 276 Å². The van der Waals surface area contributed by atoms with Gasteiger partial charge in [0.2, 0.25) is 24.5 Å². The molecular formula is C30H34N4O15. The van der Waals surface area contributed by atoms with Crippen molar-refractivity contribution >= 4 is 36.1 Å². The first kappa shape index (κ1) is 36.5. The summed E-state index contributed by atoms with van der Waals surface area (Å²) in [5.41, 5.74) is 5.88. The number of ether oxygens (including phenoxy) is 3. The highest BCUT2D eigenvalue weighted by Gasteiger charge is 2.48. The molecule has 0 aromatic heterocycles. The van der Waals surface area contributed by atoms with Crippen LogP contribution in [0.1, 0.15) is 29.6 Å². The third kappa shape index (κ3) is 8.39. The molecule has 0 bridgehead atoms. The molecule has 0 saturated carbocycles. The first-order valence-electron chi connectivity index (χ1n) is 14.7. The molecule has 19 nitrogen and oxygen atoms in total. The van der Waals surface area contributed by atoms with Crippen molar-refractivity contribution in [2.45, 2.75) is 61.3 Å².